The Morgan fingerprint density at radius 2 is 2.31 bits per heavy atom. The molecule has 0 atom stereocenters. The highest BCUT2D eigenvalue weighted by molar-refractivity contribution is 7.11. The molecule has 1 amide bonds. The molecule has 0 spiro atoms. The molecular formula is C8H9F2NOS. The van der Waals surface area contributed by atoms with E-state index >= 15 is 0 Å². The van der Waals surface area contributed by atoms with Crippen molar-refractivity contribution < 1.29 is 13.6 Å². The van der Waals surface area contributed by atoms with Crippen LogP contribution in [-0.2, 0) is 11.3 Å². The monoisotopic (exact) mass is 205 g/mol. The third kappa shape index (κ3) is 3.10. The average molecular weight is 205 g/mol. The van der Waals surface area contributed by atoms with Gasteiger partial charge in [-0.3, -0.25) is 4.79 Å². The summed E-state index contributed by atoms with van der Waals surface area (Å²) in [7, 11) is 0. The molecule has 1 aromatic rings. The summed E-state index contributed by atoms with van der Waals surface area (Å²) in [4.78, 5) is 12.4. The van der Waals surface area contributed by atoms with Gasteiger partial charge in [0.25, 0.3) is 5.91 Å². The van der Waals surface area contributed by atoms with Crippen LogP contribution in [-0.4, -0.2) is 12.3 Å². The third-order valence-electron chi connectivity index (χ3n) is 1.43. The van der Waals surface area contributed by atoms with Gasteiger partial charge in [-0.15, -0.1) is 11.3 Å². The van der Waals surface area contributed by atoms with E-state index < -0.39 is 12.3 Å². The van der Waals surface area contributed by atoms with Gasteiger partial charge in [0.15, 0.2) is 0 Å². The van der Waals surface area contributed by atoms with E-state index in [0.29, 0.717) is 0 Å². The fraction of sp³-hybridized carbons (Fsp3) is 0.375. The summed E-state index contributed by atoms with van der Waals surface area (Å²) < 4.78 is 23.5. The first-order valence-electron chi connectivity index (χ1n) is 3.71. The quantitative estimate of drug-likeness (QED) is 0.802. The zero-order chi connectivity index (χ0) is 9.84. The Kier molecular flexibility index (Phi) is 3.36. The zero-order valence-electron chi connectivity index (χ0n) is 7.01. The fourth-order valence-corrected chi connectivity index (χ4v) is 1.66. The normalized spacial score (nSPS) is 10.5. The van der Waals surface area contributed by atoms with Crippen molar-refractivity contribution in [3.05, 3.63) is 21.9 Å². The van der Waals surface area contributed by atoms with E-state index in [1.807, 2.05) is 19.1 Å². The van der Waals surface area contributed by atoms with Crippen LogP contribution in [0.2, 0.25) is 0 Å². The summed E-state index contributed by atoms with van der Waals surface area (Å²) in [5.41, 5.74) is 0. The highest BCUT2D eigenvalue weighted by Gasteiger charge is 2.13. The minimum absolute atomic E-state index is 0.182. The smallest absolute Gasteiger partial charge is 0.315 e. The Hall–Kier alpha value is -0.970. The lowest BCUT2D eigenvalue weighted by Crippen LogP contribution is -2.28. The molecular weight excluding hydrogens is 196 g/mol. The van der Waals surface area contributed by atoms with E-state index in [0.717, 1.165) is 9.75 Å². The van der Waals surface area contributed by atoms with Gasteiger partial charge in [-0.2, -0.15) is 8.78 Å². The molecule has 1 rings (SSSR count). The van der Waals surface area contributed by atoms with Crippen LogP contribution in [0.4, 0.5) is 8.78 Å². The Morgan fingerprint density at radius 3 is 2.77 bits per heavy atom. The number of rotatable bonds is 3. The van der Waals surface area contributed by atoms with Gasteiger partial charge < -0.3 is 5.32 Å². The fourth-order valence-electron chi connectivity index (χ4n) is 0.832. The Bertz CT molecular complexity index is 298. The molecule has 0 saturated heterocycles. The second-order valence-electron chi connectivity index (χ2n) is 2.53. The van der Waals surface area contributed by atoms with Crippen LogP contribution in [0, 0.1) is 6.92 Å². The lowest BCUT2D eigenvalue weighted by Gasteiger charge is -2.00. The third-order valence-corrected chi connectivity index (χ3v) is 2.43. The van der Waals surface area contributed by atoms with E-state index in [1.165, 1.54) is 11.3 Å². The van der Waals surface area contributed by atoms with Crippen molar-refractivity contribution in [2.75, 3.05) is 0 Å². The molecule has 0 aliphatic heterocycles. The molecule has 1 aromatic heterocycles. The first-order valence-corrected chi connectivity index (χ1v) is 4.52. The molecule has 0 aliphatic rings. The van der Waals surface area contributed by atoms with Gasteiger partial charge in [-0.05, 0) is 19.1 Å². The maximum Gasteiger partial charge on any atom is 0.315 e. The lowest BCUT2D eigenvalue weighted by atomic mass is 10.4. The molecule has 0 aliphatic carbocycles. The topological polar surface area (TPSA) is 29.1 Å². The Balaban J connectivity index is 2.39. The maximum atomic E-state index is 11.7. The van der Waals surface area contributed by atoms with Crippen LogP contribution in [0.3, 0.4) is 0 Å². The van der Waals surface area contributed by atoms with Crippen LogP contribution in [0.5, 0.6) is 0 Å². The van der Waals surface area contributed by atoms with Gasteiger partial charge in [0.05, 0.1) is 6.54 Å². The highest BCUT2D eigenvalue weighted by Crippen LogP contribution is 2.14. The molecule has 0 aromatic carbocycles. The standard InChI is InChI=1S/C8H9F2NOS/c1-5-2-3-6(13-5)4-11-8(12)7(9)10/h2-3,7H,4H2,1H3,(H,11,12). The maximum absolute atomic E-state index is 11.7. The predicted octanol–water partition coefficient (Wildman–Crippen LogP) is 1.94. The van der Waals surface area contributed by atoms with Crippen molar-refractivity contribution in [1.29, 1.82) is 0 Å². The molecule has 0 radical (unpaired) electrons. The van der Waals surface area contributed by atoms with Crippen LogP contribution >= 0.6 is 11.3 Å². The largest absolute Gasteiger partial charge is 0.346 e. The van der Waals surface area contributed by atoms with E-state index in [4.69, 9.17) is 0 Å². The highest BCUT2D eigenvalue weighted by atomic mass is 32.1. The minimum Gasteiger partial charge on any atom is -0.346 e. The summed E-state index contributed by atoms with van der Waals surface area (Å²) in [5, 5.41) is 2.13. The van der Waals surface area contributed by atoms with Crippen molar-refractivity contribution in [3.63, 3.8) is 0 Å². The van der Waals surface area contributed by atoms with Crippen molar-refractivity contribution >= 4 is 17.2 Å². The van der Waals surface area contributed by atoms with E-state index in [1.54, 1.807) is 0 Å². The molecule has 13 heavy (non-hydrogen) atoms. The van der Waals surface area contributed by atoms with E-state index in [-0.39, 0.29) is 6.54 Å². The number of carbonyl (C=O) groups is 1. The SMILES string of the molecule is Cc1ccc(CNC(=O)C(F)F)s1. The number of thiophene rings is 1. The summed E-state index contributed by atoms with van der Waals surface area (Å²) >= 11 is 1.48. The number of carbonyl (C=O) groups excluding carboxylic acids is 1. The van der Waals surface area contributed by atoms with Gasteiger partial charge in [0.1, 0.15) is 0 Å². The van der Waals surface area contributed by atoms with Crippen molar-refractivity contribution in [1.82, 2.24) is 5.32 Å². The number of hydrogen-bond donors (Lipinski definition) is 1. The summed E-state index contributed by atoms with van der Waals surface area (Å²) in [6.07, 6.45) is -2.93. The van der Waals surface area contributed by atoms with E-state index in [2.05, 4.69) is 5.32 Å². The second kappa shape index (κ2) is 4.32. The van der Waals surface area contributed by atoms with Crippen molar-refractivity contribution in [2.45, 2.75) is 19.9 Å². The molecule has 1 heterocycles. The van der Waals surface area contributed by atoms with Gasteiger partial charge in [0.2, 0.25) is 0 Å². The molecule has 1 N–H and O–H groups in total. The Morgan fingerprint density at radius 1 is 1.62 bits per heavy atom. The minimum atomic E-state index is -2.93. The van der Waals surface area contributed by atoms with Gasteiger partial charge in [-0.1, -0.05) is 0 Å². The van der Waals surface area contributed by atoms with Crippen LogP contribution in [0.1, 0.15) is 9.75 Å². The molecule has 2 nitrogen and oxygen atoms in total. The molecule has 0 saturated carbocycles. The molecule has 0 fully saturated rings. The summed E-state index contributed by atoms with van der Waals surface area (Å²) in [5.74, 6) is -1.22. The first kappa shape index (κ1) is 10.1. The van der Waals surface area contributed by atoms with Crippen molar-refractivity contribution in [3.8, 4) is 0 Å². The van der Waals surface area contributed by atoms with Gasteiger partial charge in [-0.25, -0.2) is 0 Å². The first-order chi connectivity index (χ1) is 6.09. The zero-order valence-corrected chi connectivity index (χ0v) is 7.83. The second-order valence-corrected chi connectivity index (χ2v) is 3.90. The van der Waals surface area contributed by atoms with Crippen molar-refractivity contribution in [2.24, 2.45) is 0 Å². The Labute approximate surface area is 78.6 Å². The lowest BCUT2D eigenvalue weighted by molar-refractivity contribution is -0.131. The number of aryl methyl sites for hydroxylation is 1. The number of nitrogens with one attached hydrogen (secondary N) is 1. The number of hydrogen-bond acceptors (Lipinski definition) is 2. The van der Waals surface area contributed by atoms with Crippen LogP contribution < -0.4 is 5.32 Å². The van der Waals surface area contributed by atoms with Gasteiger partial charge >= 0.3 is 6.43 Å². The number of amides is 1. The average Bonchev–Trinajstić information content (AvgIpc) is 2.47. The van der Waals surface area contributed by atoms with Crippen LogP contribution in [0.15, 0.2) is 12.1 Å². The number of halogens is 2. The predicted molar refractivity (Wildman–Crippen MR) is 46.9 cm³/mol. The summed E-state index contributed by atoms with van der Waals surface area (Å²) in [6.45, 7) is 2.10. The molecule has 0 bridgehead atoms. The summed E-state index contributed by atoms with van der Waals surface area (Å²) in [6, 6.07) is 3.69. The molecule has 0 unspecified atom stereocenters. The van der Waals surface area contributed by atoms with Crippen LogP contribution in [0.25, 0.3) is 0 Å². The van der Waals surface area contributed by atoms with E-state index in [9.17, 15) is 13.6 Å². The number of alkyl halides is 2. The molecule has 5 heteroatoms. The molecule has 72 valence electrons. The van der Waals surface area contributed by atoms with Gasteiger partial charge in [0, 0.05) is 9.75 Å².